The molecule has 1 unspecified atom stereocenters. The third-order valence-corrected chi connectivity index (χ3v) is 6.00. The summed E-state index contributed by atoms with van der Waals surface area (Å²) in [5.41, 5.74) is 4.14. The predicted octanol–water partition coefficient (Wildman–Crippen LogP) is 4.69. The van der Waals surface area contributed by atoms with Crippen LogP contribution in [0, 0.1) is 0 Å². The van der Waals surface area contributed by atoms with E-state index in [4.69, 9.17) is 14.6 Å². The molecule has 3 aromatic carbocycles. The molecule has 4 rings (SSSR count). The molecule has 0 saturated carbocycles. The van der Waals surface area contributed by atoms with Gasteiger partial charge < -0.3 is 9.47 Å². The first-order valence-corrected chi connectivity index (χ1v) is 10.7. The first kappa shape index (κ1) is 19.2. The van der Waals surface area contributed by atoms with Gasteiger partial charge in [-0.05, 0) is 35.4 Å². The molecule has 0 bridgehead atoms. The fourth-order valence-electron chi connectivity index (χ4n) is 3.77. The summed E-state index contributed by atoms with van der Waals surface area (Å²) in [6.45, 7) is 3.84. The highest BCUT2D eigenvalue weighted by Gasteiger charge is 2.28. The minimum absolute atomic E-state index is 0.0925. The molecule has 2 N–H and O–H groups in total. The Hall–Kier alpha value is -3.09. The molecule has 6 heteroatoms. The molecule has 1 heterocycles. The molecule has 0 fully saturated rings. The molecule has 0 aliphatic carbocycles. The molecule has 148 valence electrons. The van der Waals surface area contributed by atoms with Crippen LogP contribution in [-0.4, -0.2) is 15.5 Å². The second-order valence-corrected chi connectivity index (χ2v) is 8.34. The molecule has 3 aromatic rings. The van der Waals surface area contributed by atoms with Gasteiger partial charge in [0.25, 0.3) is 0 Å². The quantitative estimate of drug-likeness (QED) is 0.623. The number of benzene rings is 3. The summed E-state index contributed by atoms with van der Waals surface area (Å²) in [7, 11) is -2.23. The van der Waals surface area contributed by atoms with Gasteiger partial charge in [-0.1, -0.05) is 42.5 Å². The lowest BCUT2D eigenvalue weighted by molar-refractivity contribution is 0.205. The molecule has 1 atom stereocenters. The molecule has 1 aliphatic rings. The number of nitrogens with two attached hydrogens (primary N) is 1. The zero-order valence-corrected chi connectivity index (χ0v) is 16.8. The molecule has 0 saturated heterocycles. The lowest BCUT2D eigenvalue weighted by Gasteiger charge is -2.30. The van der Waals surface area contributed by atoms with E-state index in [1.54, 1.807) is 25.3 Å². The van der Waals surface area contributed by atoms with E-state index in [1.165, 1.54) is 6.07 Å². The fraction of sp³-hybridized carbons (Fsp3) is 0.130. The molecule has 0 spiro atoms. The summed E-state index contributed by atoms with van der Waals surface area (Å²) in [5.74, 6) is 1.47. The van der Waals surface area contributed by atoms with Gasteiger partial charge in [0.1, 0.15) is 17.6 Å². The summed E-state index contributed by atoms with van der Waals surface area (Å²) < 4.78 is 35.9. The van der Waals surface area contributed by atoms with Gasteiger partial charge in [-0.2, -0.15) is 0 Å². The van der Waals surface area contributed by atoms with Gasteiger partial charge in [0.05, 0.1) is 17.6 Å². The summed E-state index contributed by atoms with van der Waals surface area (Å²) in [4.78, 5) is 0.0925. The van der Waals surface area contributed by atoms with Crippen molar-refractivity contribution in [2.24, 2.45) is 5.14 Å². The molecule has 5 nitrogen and oxygen atoms in total. The highest BCUT2D eigenvalue weighted by Crippen LogP contribution is 2.49. The Bertz CT molecular complexity index is 1200. The van der Waals surface area contributed by atoms with E-state index >= 15 is 0 Å². The molecule has 0 radical (unpaired) electrons. The Morgan fingerprint density at radius 2 is 1.90 bits per heavy atom. The summed E-state index contributed by atoms with van der Waals surface area (Å²) in [5, 5.41) is 5.43. The van der Waals surface area contributed by atoms with Crippen molar-refractivity contribution in [3.05, 3.63) is 78.9 Å². The smallest absolute Gasteiger partial charge is 0.238 e. The van der Waals surface area contributed by atoms with Crippen molar-refractivity contribution < 1.29 is 17.9 Å². The van der Waals surface area contributed by atoms with E-state index in [0.717, 1.165) is 33.8 Å². The van der Waals surface area contributed by atoms with Crippen LogP contribution in [0.4, 0.5) is 0 Å². The normalized spacial score (nSPS) is 15.0. The summed E-state index contributed by atoms with van der Waals surface area (Å²) >= 11 is 0. The Labute approximate surface area is 170 Å². The van der Waals surface area contributed by atoms with Gasteiger partial charge >= 0.3 is 0 Å². The van der Waals surface area contributed by atoms with Crippen LogP contribution in [0.3, 0.4) is 0 Å². The van der Waals surface area contributed by atoms with Gasteiger partial charge in [0, 0.05) is 17.5 Å². The third-order valence-electron chi connectivity index (χ3n) is 5.03. The Balaban J connectivity index is 1.95. The van der Waals surface area contributed by atoms with Crippen LogP contribution in [0.2, 0.25) is 0 Å². The van der Waals surface area contributed by atoms with Crippen molar-refractivity contribution >= 4 is 10.0 Å². The van der Waals surface area contributed by atoms with Crippen molar-refractivity contribution in [1.29, 1.82) is 0 Å². The first-order valence-electron chi connectivity index (χ1n) is 9.15. The molecule has 0 aromatic heterocycles. The van der Waals surface area contributed by atoms with Crippen LogP contribution in [0.25, 0.3) is 22.3 Å². The maximum atomic E-state index is 12.1. The second-order valence-electron chi connectivity index (χ2n) is 6.81. The SMILES string of the molecule is C=CCC1Oc2cccc(OC)c2-c2ccc(-c3ccccc3S(N)(=O)=O)cc21. The Morgan fingerprint density at radius 3 is 2.62 bits per heavy atom. The van der Waals surface area contributed by atoms with Gasteiger partial charge in [0.15, 0.2) is 0 Å². The number of methoxy groups -OCH3 is 1. The monoisotopic (exact) mass is 407 g/mol. The minimum atomic E-state index is -3.85. The lowest BCUT2D eigenvalue weighted by atomic mass is 9.88. The highest BCUT2D eigenvalue weighted by atomic mass is 32.2. The number of fused-ring (bicyclic) bond motifs is 3. The van der Waals surface area contributed by atoms with Crippen molar-refractivity contribution in [2.75, 3.05) is 7.11 Å². The third kappa shape index (κ3) is 3.41. The minimum Gasteiger partial charge on any atom is -0.496 e. The van der Waals surface area contributed by atoms with Crippen LogP contribution < -0.4 is 14.6 Å². The van der Waals surface area contributed by atoms with Crippen molar-refractivity contribution in [1.82, 2.24) is 0 Å². The summed E-state index contributed by atoms with van der Waals surface area (Å²) in [6.07, 6.45) is 2.19. The summed E-state index contributed by atoms with van der Waals surface area (Å²) in [6, 6.07) is 18.3. The predicted molar refractivity (Wildman–Crippen MR) is 113 cm³/mol. The molecular formula is C23H21NO4S. The standard InChI is InChI=1S/C23H21NO4S/c1-3-7-19-18-14-15(16-8-4-5-11-22(16)29(24,25)26)12-13-17(18)23-20(27-2)9-6-10-21(23)28-19/h3-6,8-14,19H,1,7H2,2H3,(H2,24,25,26). The molecule has 29 heavy (non-hydrogen) atoms. The maximum Gasteiger partial charge on any atom is 0.238 e. The number of hydrogen-bond acceptors (Lipinski definition) is 4. The topological polar surface area (TPSA) is 78.6 Å². The van der Waals surface area contributed by atoms with Gasteiger partial charge in [-0.15, -0.1) is 6.58 Å². The highest BCUT2D eigenvalue weighted by molar-refractivity contribution is 7.89. The van der Waals surface area contributed by atoms with Crippen molar-refractivity contribution in [2.45, 2.75) is 17.4 Å². The number of sulfonamides is 1. The second kappa shape index (κ2) is 7.39. The Kier molecular flexibility index (Phi) is 4.90. The zero-order chi connectivity index (χ0) is 20.6. The Morgan fingerprint density at radius 1 is 1.10 bits per heavy atom. The molecule has 1 aliphatic heterocycles. The molecule has 0 amide bonds. The number of primary sulfonamides is 1. The zero-order valence-electron chi connectivity index (χ0n) is 16.0. The van der Waals surface area contributed by atoms with Crippen LogP contribution in [-0.2, 0) is 10.0 Å². The number of ether oxygens (including phenoxy) is 2. The maximum absolute atomic E-state index is 12.1. The van der Waals surface area contributed by atoms with E-state index in [-0.39, 0.29) is 11.0 Å². The average Bonchev–Trinajstić information content (AvgIpc) is 2.72. The van der Waals surface area contributed by atoms with Crippen LogP contribution >= 0.6 is 0 Å². The van der Waals surface area contributed by atoms with Crippen LogP contribution in [0.5, 0.6) is 11.5 Å². The largest absolute Gasteiger partial charge is 0.496 e. The van der Waals surface area contributed by atoms with Crippen molar-refractivity contribution in [3.8, 4) is 33.8 Å². The van der Waals surface area contributed by atoms with E-state index in [2.05, 4.69) is 6.58 Å². The van der Waals surface area contributed by atoms with Gasteiger partial charge in [-0.3, -0.25) is 0 Å². The average molecular weight is 407 g/mol. The van der Waals surface area contributed by atoms with Gasteiger partial charge in [0.2, 0.25) is 10.0 Å². The first-order chi connectivity index (χ1) is 13.9. The lowest BCUT2D eigenvalue weighted by Crippen LogP contribution is -2.15. The number of rotatable bonds is 5. The van der Waals surface area contributed by atoms with Crippen LogP contribution in [0.1, 0.15) is 18.1 Å². The molecular weight excluding hydrogens is 386 g/mol. The van der Waals surface area contributed by atoms with E-state index in [0.29, 0.717) is 12.0 Å². The fourth-order valence-corrected chi connectivity index (χ4v) is 4.53. The van der Waals surface area contributed by atoms with E-state index in [1.807, 2.05) is 42.5 Å². The number of hydrogen-bond donors (Lipinski definition) is 1. The van der Waals surface area contributed by atoms with E-state index < -0.39 is 10.0 Å². The van der Waals surface area contributed by atoms with Gasteiger partial charge in [-0.25, -0.2) is 13.6 Å². The van der Waals surface area contributed by atoms with Crippen molar-refractivity contribution in [3.63, 3.8) is 0 Å². The van der Waals surface area contributed by atoms with Crippen LogP contribution in [0.15, 0.2) is 78.2 Å². The van der Waals surface area contributed by atoms with E-state index in [9.17, 15) is 8.42 Å².